The smallest absolute Gasteiger partial charge is 0.253 e. The maximum absolute atomic E-state index is 12.3. The zero-order chi connectivity index (χ0) is 16.7. The SMILES string of the molecule is CCCN(CC(=O)NC)Cc1ccc(C(=O)N2CCCC2)cc1. The number of nitrogens with one attached hydrogen (secondary N) is 1. The molecule has 2 amide bonds. The molecule has 0 radical (unpaired) electrons. The number of likely N-dealkylation sites (N-methyl/N-ethyl adjacent to an activating group) is 1. The molecule has 126 valence electrons. The standard InChI is InChI=1S/C18H27N3O2/c1-3-10-20(14-17(22)19-2)13-15-6-8-16(9-7-15)18(23)21-11-4-5-12-21/h6-9H,3-5,10-14H2,1-2H3,(H,19,22). The molecule has 1 heterocycles. The van der Waals surface area contributed by atoms with Crippen LogP contribution in [0.3, 0.4) is 0 Å². The number of nitrogens with zero attached hydrogens (tertiary/aromatic N) is 2. The van der Waals surface area contributed by atoms with E-state index < -0.39 is 0 Å². The van der Waals surface area contributed by atoms with E-state index in [1.54, 1.807) is 7.05 Å². The number of rotatable bonds is 7. The molecule has 1 fully saturated rings. The molecule has 5 nitrogen and oxygen atoms in total. The van der Waals surface area contributed by atoms with Crippen LogP contribution >= 0.6 is 0 Å². The van der Waals surface area contributed by atoms with E-state index in [9.17, 15) is 9.59 Å². The zero-order valence-corrected chi connectivity index (χ0v) is 14.2. The third-order valence-electron chi connectivity index (χ3n) is 4.19. The summed E-state index contributed by atoms with van der Waals surface area (Å²) in [6.45, 7) is 5.85. The molecule has 0 unspecified atom stereocenters. The van der Waals surface area contributed by atoms with Crippen LogP contribution < -0.4 is 5.32 Å². The summed E-state index contributed by atoms with van der Waals surface area (Å²) >= 11 is 0. The second-order valence-electron chi connectivity index (χ2n) is 6.08. The predicted molar refractivity (Wildman–Crippen MR) is 91.2 cm³/mol. The van der Waals surface area contributed by atoms with Gasteiger partial charge in [0, 0.05) is 32.2 Å². The second-order valence-corrected chi connectivity index (χ2v) is 6.08. The second kappa shape index (κ2) is 8.67. The van der Waals surface area contributed by atoms with Gasteiger partial charge in [-0.25, -0.2) is 0 Å². The van der Waals surface area contributed by atoms with Crippen molar-refractivity contribution < 1.29 is 9.59 Å². The van der Waals surface area contributed by atoms with Crippen LogP contribution in [0.1, 0.15) is 42.1 Å². The van der Waals surface area contributed by atoms with Gasteiger partial charge in [-0.05, 0) is 43.5 Å². The minimum absolute atomic E-state index is 0.0271. The predicted octanol–water partition coefficient (Wildman–Crippen LogP) is 1.88. The van der Waals surface area contributed by atoms with E-state index in [4.69, 9.17) is 0 Å². The van der Waals surface area contributed by atoms with Gasteiger partial charge in [-0.3, -0.25) is 14.5 Å². The molecule has 0 bridgehead atoms. The van der Waals surface area contributed by atoms with Crippen LogP contribution in [0.2, 0.25) is 0 Å². The normalized spacial score (nSPS) is 14.3. The van der Waals surface area contributed by atoms with Gasteiger partial charge >= 0.3 is 0 Å². The van der Waals surface area contributed by atoms with Gasteiger partial charge in [0.1, 0.15) is 0 Å². The Morgan fingerprint density at radius 3 is 2.39 bits per heavy atom. The van der Waals surface area contributed by atoms with Crippen molar-refractivity contribution in [1.82, 2.24) is 15.1 Å². The Morgan fingerprint density at radius 2 is 1.83 bits per heavy atom. The number of amides is 2. The highest BCUT2D eigenvalue weighted by atomic mass is 16.2. The summed E-state index contributed by atoms with van der Waals surface area (Å²) in [5, 5.41) is 2.66. The van der Waals surface area contributed by atoms with Crippen LogP contribution in [0.15, 0.2) is 24.3 Å². The van der Waals surface area contributed by atoms with Crippen molar-refractivity contribution in [3.05, 3.63) is 35.4 Å². The Bertz CT molecular complexity index is 522. The number of carbonyl (C=O) groups excluding carboxylic acids is 2. The highest BCUT2D eigenvalue weighted by Gasteiger charge is 2.19. The van der Waals surface area contributed by atoms with Crippen molar-refractivity contribution in [3.8, 4) is 0 Å². The fourth-order valence-corrected chi connectivity index (χ4v) is 2.93. The molecule has 0 saturated carbocycles. The Hall–Kier alpha value is -1.88. The number of hydrogen-bond acceptors (Lipinski definition) is 3. The van der Waals surface area contributed by atoms with Crippen LogP contribution in [0.4, 0.5) is 0 Å². The molecule has 0 aromatic heterocycles. The summed E-state index contributed by atoms with van der Waals surface area (Å²) < 4.78 is 0. The minimum Gasteiger partial charge on any atom is -0.358 e. The monoisotopic (exact) mass is 317 g/mol. The maximum Gasteiger partial charge on any atom is 0.253 e. The van der Waals surface area contributed by atoms with E-state index >= 15 is 0 Å². The molecule has 2 rings (SSSR count). The summed E-state index contributed by atoms with van der Waals surface area (Å²) in [6, 6.07) is 7.80. The first kappa shape index (κ1) is 17.5. The van der Waals surface area contributed by atoms with Gasteiger partial charge in [0.15, 0.2) is 0 Å². The fourth-order valence-electron chi connectivity index (χ4n) is 2.93. The Labute approximate surface area is 138 Å². The van der Waals surface area contributed by atoms with Crippen molar-refractivity contribution in [2.24, 2.45) is 0 Å². The summed E-state index contributed by atoms with van der Waals surface area (Å²) in [7, 11) is 1.66. The fraction of sp³-hybridized carbons (Fsp3) is 0.556. The van der Waals surface area contributed by atoms with Crippen molar-refractivity contribution >= 4 is 11.8 Å². The van der Waals surface area contributed by atoms with E-state index in [0.717, 1.165) is 56.6 Å². The number of likely N-dealkylation sites (tertiary alicyclic amines) is 1. The Kier molecular flexibility index (Phi) is 6.59. The van der Waals surface area contributed by atoms with Crippen LogP contribution in [0.25, 0.3) is 0 Å². The molecule has 0 spiro atoms. The number of carbonyl (C=O) groups is 2. The third-order valence-corrected chi connectivity index (χ3v) is 4.19. The van der Waals surface area contributed by atoms with Gasteiger partial charge in [0.25, 0.3) is 5.91 Å². The molecule has 23 heavy (non-hydrogen) atoms. The maximum atomic E-state index is 12.3. The first-order valence-electron chi connectivity index (χ1n) is 8.45. The molecule has 0 aliphatic carbocycles. The summed E-state index contributed by atoms with van der Waals surface area (Å²) in [5.41, 5.74) is 1.88. The van der Waals surface area contributed by atoms with Gasteiger partial charge in [0.05, 0.1) is 6.54 Å². The molecule has 0 atom stereocenters. The highest BCUT2D eigenvalue weighted by Crippen LogP contribution is 2.14. The van der Waals surface area contributed by atoms with Gasteiger partial charge in [-0.15, -0.1) is 0 Å². The summed E-state index contributed by atoms with van der Waals surface area (Å²) in [4.78, 5) is 27.9. The van der Waals surface area contributed by atoms with Crippen LogP contribution in [-0.2, 0) is 11.3 Å². The molecule has 1 N–H and O–H groups in total. The number of benzene rings is 1. The van der Waals surface area contributed by atoms with Gasteiger partial charge in [-0.1, -0.05) is 19.1 Å². The first-order valence-corrected chi connectivity index (χ1v) is 8.45. The van der Waals surface area contributed by atoms with E-state index in [-0.39, 0.29) is 11.8 Å². The third kappa shape index (κ3) is 5.06. The lowest BCUT2D eigenvalue weighted by atomic mass is 10.1. The lowest BCUT2D eigenvalue weighted by molar-refractivity contribution is -0.121. The van der Waals surface area contributed by atoms with Gasteiger partial charge < -0.3 is 10.2 Å². The first-order chi connectivity index (χ1) is 11.1. The topological polar surface area (TPSA) is 52.7 Å². The lowest BCUT2D eigenvalue weighted by Gasteiger charge is -2.21. The lowest BCUT2D eigenvalue weighted by Crippen LogP contribution is -2.35. The summed E-state index contributed by atoms with van der Waals surface area (Å²) in [6.07, 6.45) is 3.22. The number of hydrogen-bond donors (Lipinski definition) is 1. The van der Waals surface area contributed by atoms with Gasteiger partial charge in [-0.2, -0.15) is 0 Å². The van der Waals surface area contributed by atoms with Crippen molar-refractivity contribution in [2.75, 3.05) is 33.2 Å². The average molecular weight is 317 g/mol. The molecule has 1 aromatic carbocycles. The molecule has 1 aromatic rings. The Morgan fingerprint density at radius 1 is 1.17 bits per heavy atom. The zero-order valence-electron chi connectivity index (χ0n) is 14.2. The molecule has 1 aliphatic rings. The molecule has 1 saturated heterocycles. The van der Waals surface area contributed by atoms with Crippen molar-refractivity contribution in [3.63, 3.8) is 0 Å². The molecule has 1 aliphatic heterocycles. The van der Waals surface area contributed by atoms with Crippen LogP contribution in [0, 0.1) is 0 Å². The van der Waals surface area contributed by atoms with Crippen LogP contribution in [0.5, 0.6) is 0 Å². The van der Waals surface area contributed by atoms with Crippen LogP contribution in [-0.4, -0.2) is 54.8 Å². The quantitative estimate of drug-likeness (QED) is 0.835. The van der Waals surface area contributed by atoms with E-state index in [1.165, 1.54) is 0 Å². The highest BCUT2D eigenvalue weighted by molar-refractivity contribution is 5.94. The minimum atomic E-state index is 0.0271. The molecule has 5 heteroatoms. The van der Waals surface area contributed by atoms with Crippen molar-refractivity contribution in [2.45, 2.75) is 32.7 Å². The Balaban J connectivity index is 1.97. The van der Waals surface area contributed by atoms with E-state index in [1.807, 2.05) is 29.2 Å². The van der Waals surface area contributed by atoms with Gasteiger partial charge in [0.2, 0.25) is 5.91 Å². The van der Waals surface area contributed by atoms with E-state index in [2.05, 4.69) is 17.1 Å². The van der Waals surface area contributed by atoms with Crippen molar-refractivity contribution in [1.29, 1.82) is 0 Å². The largest absolute Gasteiger partial charge is 0.358 e. The average Bonchev–Trinajstić information content (AvgIpc) is 3.09. The summed E-state index contributed by atoms with van der Waals surface area (Å²) in [5.74, 6) is 0.157. The van der Waals surface area contributed by atoms with E-state index in [0.29, 0.717) is 6.54 Å². The molecular formula is C18H27N3O2. The molecular weight excluding hydrogens is 290 g/mol.